The number of H-pyrrole nitrogens is 1. The summed E-state index contributed by atoms with van der Waals surface area (Å²) in [6.45, 7) is 8.54. The van der Waals surface area contributed by atoms with Crippen molar-refractivity contribution in [1.29, 1.82) is 0 Å². The van der Waals surface area contributed by atoms with E-state index in [-0.39, 0.29) is 11.0 Å². The van der Waals surface area contributed by atoms with Gasteiger partial charge in [0.15, 0.2) is 0 Å². The second kappa shape index (κ2) is 4.87. The summed E-state index contributed by atoms with van der Waals surface area (Å²) in [6.07, 6.45) is 4.84. The Bertz CT molecular complexity index is 470. The summed E-state index contributed by atoms with van der Waals surface area (Å²) in [5.41, 5.74) is 0.831. The van der Waals surface area contributed by atoms with E-state index in [1.165, 1.54) is 19.3 Å². The lowest BCUT2D eigenvalue weighted by atomic mass is 9.91. The molecule has 2 rings (SSSR count). The topological polar surface area (TPSA) is 45.8 Å². The first-order valence-electron chi connectivity index (χ1n) is 7.02. The molecule has 0 aliphatic heterocycles. The van der Waals surface area contributed by atoms with Gasteiger partial charge in [-0.1, -0.05) is 34.1 Å². The molecular weight excluding hydrogens is 224 g/mol. The monoisotopic (exact) mass is 248 g/mol. The van der Waals surface area contributed by atoms with Gasteiger partial charge in [-0.2, -0.15) is 0 Å². The molecule has 1 aromatic rings. The Hall–Kier alpha value is -1.12. The summed E-state index contributed by atoms with van der Waals surface area (Å²) in [6, 6.07) is 1.63. The Morgan fingerprint density at radius 3 is 2.67 bits per heavy atom. The van der Waals surface area contributed by atoms with Crippen molar-refractivity contribution < 1.29 is 0 Å². The summed E-state index contributed by atoms with van der Waals surface area (Å²) < 4.78 is 0. The minimum atomic E-state index is -0.0637. The van der Waals surface area contributed by atoms with E-state index in [0.29, 0.717) is 5.92 Å². The molecule has 1 heterocycles. The highest BCUT2D eigenvalue weighted by molar-refractivity contribution is 5.14. The molecule has 0 radical (unpaired) electrons. The molecule has 1 aliphatic carbocycles. The van der Waals surface area contributed by atoms with Crippen LogP contribution in [0.4, 0.5) is 0 Å². The smallest absolute Gasteiger partial charge is 0.251 e. The molecule has 0 bridgehead atoms. The number of rotatable bonds is 2. The van der Waals surface area contributed by atoms with Crippen LogP contribution in [0.25, 0.3) is 0 Å². The maximum atomic E-state index is 11.8. The Morgan fingerprint density at radius 1 is 1.39 bits per heavy atom. The van der Waals surface area contributed by atoms with Gasteiger partial charge in [-0.3, -0.25) is 4.79 Å². The minimum absolute atomic E-state index is 0.00938. The van der Waals surface area contributed by atoms with Gasteiger partial charge in [0.25, 0.3) is 5.56 Å². The summed E-state index contributed by atoms with van der Waals surface area (Å²) in [7, 11) is 0. The molecule has 0 aromatic carbocycles. The Kier molecular flexibility index (Phi) is 3.60. The lowest BCUT2D eigenvalue weighted by Crippen LogP contribution is -2.22. The quantitative estimate of drug-likeness (QED) is 0.872. The van der Waals surface area contributed by atoms with Gasteiger partial charge in [0.1, 0.15) is 5.82 Å². The van der Waals surface area contributed by atoms with Crippen molar-refractivity contribution in [3.05, 3.63) is 27.9 Å². The molecule has 3 heteroatoms. The fourth-order valence-corrected chi connectivity index (χ4v) is 2.75. The van der Waals surface area contributed by atoms with Gasteiger partial charge in [0.2, 0.25) is 0 Å². The Labute approximate surface area is 109 Å². The zero-order chi connectivity index (χ0) is 13.3. The van der Waals surface area contributed by atoms with E-state index in [0.717, 1.165) is 23.9 Å². The van der Waals surface area contributed by atoms with Crippen molar-refractivity contribution in [2.24, 2.45) is 5.92 Å². The Morgan fingerprint density at radius 2 is 2.11 bits per heavy atom. The molecule has 1 fully saturated rings. The lowest BCUT2D eigenvalue weighted by Gasteiger charge is -2.19. The molecule has 2 unspecified atom stereocenters. The molecule has 1 saturated carbocycles. The summed E-state index contributed by atoms with van der Waals surface area (Å²) in [5, 5.41) is 0. The zero-order valence-electron chi connectivity index (χ0n) is 11.9. The second-order valence-electron chi connectivity index (χ2n) is 6.55. The second-order valence-corrected chi connectivity index (χ2v) is 6.55. The van der Waals surface area contributed by atoms with Crippen LogP contribution in [0.5, 0.6) is 0 Å². The van der Waals surface area contributed by atoms with Crippen molar-refractivity contribution in [3.63, 3.8) is 0 Å². The first-order valence-corrected chi connectivity index (χ1v) is 7.02. The van der Waals surface area contributed by atoms with E-state index < -0.39 is 0 Å². The zero-order valence-corrected chi connectivity index (χ0v) is 11.9. The number of hydrogen-bond donors (Lipinski definition) is 1. The van der Waals surface area contributed by atoms with E-state index in [2.05, 4.69) is 32.7 Å². The van der Waals surface area contributed by atoms with Crippen LogP contribution in [0.1, 0.15) is 70.8 Å². The average molecular weight is 248 g/mol. The van der Waals surface area contributed by atoms with Gasteiger partial charge >= 0.3 is 0 Å². The first-order chi connectivity index (χ1) is 8.40. The number of nitrogens with zero attached hydrogens (tertiary/aromatic N) is 1. The van der Waals surface area contributed by atoms with E-state index in [1.807, 2.05) is 0 Å². The molecular formula is C15H24N2O. The molecule has 100 valence electrons. The van der Waals surface area contributed by atoms with Gasteiger partial charge in [0.05, 0.1) is 5.69 Å². The first kappa shape index (κ1) is 13.3. The minimum Gasteiger partial charge on any atom is -0.310 e. The third-order valence-electron chi connectivity index (χ3n) is 4.03. The molecule has 0 amide bonds. The maximum absolute atomic E-state index is 11.8. The van der Waals surface area contributed by atoms with Crippen LogP contribution >= 0.6 is 0 Å². The van der Waals surface area contributed by atoms with Crippen LogP contribution in [0, 0.1) is 5.92 Å². The van der Waals surface area contributed by atoms with Crippen molar-refractivity contribution in [1.82, 2.24) is 9.97 Å². The highest BCUT2D eigenvalue weighted by atomic mass is 16.1. The summed E-state index contributed by atoms with van der Waals surface area (Å²) in [4.78, 5) is 19.4. The van der Waals surface area contributed by atoms with E-state index >= 15 is 0 Å². The van der Waals surface area contributed by atoms with Gasteiger partial charge in [-0.05, 0) is 25.2 Å². The van der Waals surface area contributed by atoms with Gasteiger partial charge in [0, 0.05) is 17.4 Å². The van der Waals surface area contributed by atoms with E-state index in [4.69, 9.17) is 4.98 Å². The predicted molar refractivity (Wildman–Crippen MR) is 73.9 cm³/mol. The van der Waals surface area contributed by atoms with E-state index in [9.17, 15) is 4.79 Å². The fraction of sp³-hybridized carbons (Fsp3) is 0.733. The Balaban J connectivity index is 2.29. The SMILES string of the molecule is CCC1CCC(c2nc(C(C)(C)C)cc(=O)[nH]2)C1. The molecule has 2 atom stereocenters. The summed E-state index contributed by atoms with van der Waals surface area (Å²) >= 11 is 0. The average Bonchev–Trinajstić information content (AvgIpc) is 2.75. The van der Waals surface area contributed by atoms with Crippen LogP contribution in [-0.2, 0) is 5.41 Å². The maximum Gasteiger partial charge on any atom is 0.251 e. The third kappa shape index (κ3) is 2.82. The third-order valence-corrected chi connectivity index (χ3v) is 4.03. The number of aromatic nitrogens is 2. The number of nitrogens with one attached hydrogen (secondary N) is 1. The van der Waals surface area contributed by atoms with Crippen LogP contribution in [0.2, 0.25) is 0 Å². The standard InChI is InChI=1S/C15H24N2O/c1-5-10-6-7-11(8-10)14-16-12(15(2,3)4)9-13(18)17-14/h9-11H,5-8H2,1-4H3,(H,16,17,18). The molecule has 0 spiro atoms. The fourth-order valence-electron chi connectivity index (χ4n) is 2.75. The highest BCUT2D eigenvalue weighted by Gasteiger charge is 2.27. The van der Waals surface area contributed by atoms with Gasteiger partial charge in [-0.25, -0.2) is 4.98 Å². The number of aromatic amines is 1. The highest BCUT2D eigenvalue weighted by Crippen LogP contribution is 2.38. The summed E-state index contributed by atoms with van der Waals surface area (Å²) in [5.74, 6) is 2.16. The van der Waals surface area contributed by atoms with Crippen LogP contribution in [0.3, 0.4) is 0 Å². The van der Waals surface area contributed by atoms with Crippen LogP contribution < -0.4 is 5.56 Å². The normalized spacial score (nSPS) is 24.4. The lowest BCUT2D eigenvalue weighted by molar-refractivity contribution is 0.511. The largest absolute Gasteiger partial charge is 0.310 e. The number of hydrogen-bond acceptors (Lipinski definition) is 2. The van der Waals surface area contributed by atoms with Crippen LogP contribution in [-0.4, -0.2) is 9.97 Å². The molecule has 18 heavy (non-hydrogen) atoms. The predicted octanol–water partition coefficient (Wildman–Crippen LogP) is 3.36. The molecule has 1 aliphatic rings. The van der Waals surface area contributed by atoms with Crippen molar-refractivity contribution in [2.45, 2.75) is 64.7 Å². The molecule has 3 nitrogen and oxygen atoms in total. The molecule has 0 saturated heterocycles. The van der Waals surface area contributed by atoms with Crippen molar-refractivity contribution >= 4 is 0 Å². The van der Waals surface area contributed by atoms with Crippen LogP contribution in [0.15, 0.2) is 10.9 Å². The molecule has 1 N–H and O–H groups in total. The van der Waals surface area contributed by atoms with E-state index in [1.54, 1.807) is 6.07 Å². The van der Waals surface area contributed by atoms with Gasteiger partial charge in [-0.15, -0.1) is 0 Å². The molecule has 1 aromatic heterocycles. The van der Waals surface area contributed by atoms with Gasteiger partial charge < -0.3 is 4.98 Å². The van der Waals surface area contributed by atoms with Crippen molar-refractivity contribution in [3.8, 4) is 0 Å². The van der Waals surface area contributed by atoms with Crippen molar-refractivity contribution in [2.75, 3.05) is 0 Å².